The Kier molecular flexibility index (Phi) is 5.80. The second-order valence-electron chi connectivity index (χ2n) is 5.16. The molecule has 0 spiro atoms. The molecule has 126 valence electrons. The van der Waals surface area contributed by atoms with Crippen LogP contribution in [0.3, 0.4) is 0 Å². The number of carbonyl (C=O) groups is 2. The van der Waals surface area contributed by atoms with Crippen LogP contribution in [0.1, 0.15) is 12.5 Å². The Balaban J connectivity index is 2.18. The van der Waals surface area contributed by atoms with E-state index >= 15 is 0 Å². The Morgan fingerprint density at radius 2 is 1.88 bits per heavy atom. The largest absolute Gasteiger partial charge is 0.324 e. The molecule has 0 aliphatic carbocycles. The third kappa shape index (κ3) is 4.24. The number of hydrogen-bond donors (Lipinski definition) is 1. The molecule has 0 heterocycles. The van der Waals surface area contributed by atoms with E-state index in [1.54, 1.807) is 25.1 Å². The highest BCUT2D eigenvalue weighted by Gasteiger charge is 2.18. The molecule has 0 unspecified atom stereocenters. The molecule has 2 aromatic rings. The zero-order valence-electron chi connectivity index (χ0n) is 13.1. The lowest BCUT2D eigenvalue weighted by Gasteiger charge is -2.21. The van der Waals surface area contributed by atoms with E-state index in [2.05, 4.69) is 5.32 Å². The van der Waals surface area contributed by atoms with E-state index in [0.717, 1.165) is 11.6 Å². The zero-order valence-corrected chi connectivity index (χ0v) is 14.6. The van der Waals surface area contributed by atoms with Crippen LogP contribution in [0.5, 0.6) is 0 Å². The van der Waals surface area contributed by atoms with Gasteiger partial charge in [-0.2, -0.15) is 0 Å². The van der Waals surface area contributed by atoms with Crippen LogP contribution in [-0.2, 0) is 9.59 Å². The van der Waals surface area contributed by atoms with Crippen molar-refractivity contribution in [3.05, 3.63) is 57.8 Å². The number of amides is 2. The van der Waals surface area contributed by atoms with Crippen molar-refractivity contribution in [1.29, 1.82) is 0 Å². The fourth-order valence-electron chi connectivity index (χ4n) is 2.11. The molecule has 0 saturated heterocycles. The second-order valence-corrected chi connectivity index (χ2v) is 5.98. The van der Waals surface area contributed by atoms with Gasteiger partial charge in [-0.25, -0.2) is 4.39 Å². The van der Waals surface area contributed by atoms with Crippen molar-refractivity contribution in [2.45, 2.75) is 13.8 Å². The minimum atomic E-state index is -0.595. The Bertz CT molecular complexity index is 796. The van der Waals surface area contributed by atoms with Crippen LogP contribution in [0.15, 0.2) is 36.4 Å². The molecule has 1 N–H and O–H groups in total. The fourth-order valence-corrected chi connectivity index (χ4v) is 2.46. The van der Waals surface area contributed by atoms with Crippen molar-refractivity contribution in [3.63, 3.8) is 0 Å². The summed E-state index contributed by atoms with van der Waals surface area (Å²) >= 11 is 11.8. The van der Waals surface area contributed by atoms with Crippen molar-refractivity contribution < 1.29 is 14.0 Å². The fraction of sp³-hybridized carbons (Fsp3) is 0.176. The van der Waals surface area contributed by atoms with E-state index in [-0.39, 0.29) is 17.5 Å². The van der Waals surface area contributed by atoms with Gasteiger partial charge in [0.1, 0.15) is 12.4 Å². The van der Waals surface area contributed by atoms with Crippen LogP contribution in [0.25, 0.3) is 0 Å². The highest BCUT2D eigenvalue weighted by molar-refractivity contribution is 6.32. The van der Waals surface area contributed by atoms with Gasteiger partial charge < -0.3 is 10.2 Å². The first-order chi connectivity index (χ1) is 11.3. The molecule has 0 saturated carbocycles. The van der Waals surface area contributed by atoms with Crippen molar-refractivity contribution in [2.24, 2.45) is 0 Å². The minimum Gasteiger partial charge on any atom is -0.324 e. The topological polar surface area (TPSA) is 49.4 Å². The number of halogens is 3. The summed E-state index contributed by atoms with van der Waals surface area (Å²) in [7, 11) is 0. The Morgan fingerprint density at radius 1 is 1.17 bits per heavy atom. The van der Waals surface area contributed by atoms with E-state index in [9.17, 15) is 14.0 Å². The molecule has 2 amide bonds. The molecule has 4 nitrogen and oxygen atoms in total. The third-order valence-corrected chi connectivity index (χ3v) is 4.14. The predicted molar refractivity (Wildman–Crippen MR) is 94.3 cm³/mol. The summed E-state index contributed by atoms with van der Waals surface area (Å²) in [4.78, 5) is 25.3. The van der Waals surface area contributed by atoms with E-state index in [4.69, 9.17) is 23.2 Å². The number of rotatable bonds is 4. The minimum absolute atomic E-state index is 0.121. The quantitative estimate of drug-likeness (QED) is 0.867. The number of anilines is 2. The molecule has 0 bridgehead atoms. The summed E-state index contributed by atoms with van der Waals surface area (Å²) in [5.74, 6) is -1.37. The van der Waals surface area contributed by atoms with Crippen LogP contribution in [-0.4, -0.2) is 18.4 Å². The van der Waals surface area contributed by atoms with Crippen molar-refractivity contribution in [2.75, 3.05) is 16.8 Å². The molecule has 0 aliphatic heterocycles. The molecule has 24 heavy (non-hydrogen) atoms. The Morgan fingerprint density at radius 3 is 2.50 bits per heavy atom. The van der Waals surface area contributed by atoms with Gasteiger partial charge >= 0.3 is 0 Å². The molecular weight excluding hydrogens is 354 g/mol. The normalized spacial score (nSPS) is 10.4. The molecule has 0 fully saturated rings. The standard InChI is InChI=1S/C17H15Cl2FN2O2/c1-10-13(18)4-3-5-16(10)21-17(24)9-22(11(2)23)12-6-7-15(20)14(19)8-12/h3-8H,9H2,1-2H3,(H,21,24). The number of hydrogen-bond acceptors (Lipinski definition) is 2. The number of nitrogens with zero attached hydrogens (tertiary/aromatic N) is 1. The average Bonchev–Trinajstić information content (AvgIpc) is 2.52. The van der Waals surface area contributed by atoms with Crippen LogP contribution in [0.2, 0.25) is 10.0 Å². The lowest BCUT2D eigenvalue weighted by Crippen LogP contribution is -2.36. The first-order valence-electron chi connectivity index (χ1n) is 7.07. The summed E-state index contributed by atoms with van der Waals surface area (Å²) in [6, 6.07) is 8.98. The van der Waals surface area contributed by atoms with Gasteiger partial charge in [-0.05, 0) is 42.8 Å². The van der Waals surface area contributed by atoms with Gasteiger partial charge in [0.2, 0.25) is 11.8 Å². The predicted octanol–water partition coefficient (Wildman–Crippen LogP) is 4.43. The van der Waals surface area contributed by atoms with Gasteiger partial charge in [0.25, 0.3) is 0 Å². The van der Waals surface area contributed by atoms with Gasteiger partial charge in [0.15, 0.2) is 0 Å². The van der Waals surface area contributed by atoms with Crippen LogP contribution < -0.4 is 10.2 Å². The van der Waals surface area contributed by atoms with Crippen LogP contribution >= 0.6 is 23.2 Å². The van der Waals surface area contributed by atoms with Gasteiger partial charge in [0.05, 0.1) is 5.02 Å². The highest BCUT2D eigenvalue weighted by atomic mass is 35.5. The van der Waals surface area contributed by atoms with Gasteiger partial charge in [-0.1, -0.05) is 29.3 Å². The van der Waals surface area contributed by atoms with Gasteiger partial charge in [-0.15, -0.1) is 0 Å². The molecule has 0 radical (unpaired) electrons. The monoisotopic (exact) mass is 368 g/mol. The summed E-state index contributed by atoms with van der Waals surface area (Å²) < 4.78 is 13.3. The van der Waals surface area contributed by atoms with E-state index in [0.29, 0.717) is 16.4 Å². The number of benzene rings is 2. The lowest BCUT2D eigenvalue weighted by atomic mass is 10.2. The maximum absolute atomic E-state index is 13.3. The average molecular weight is 369 g/mol. The lowest BCUT2D eigenvalue weighted by molar-refractivity contribution is -0.120. The maximum atomic E-state index is 13.3. The smallest absolute Gasteiger partial charge is 0.244 e. The SMILES string of the molecule is CC(=O)N(CC(=O)Nc1cccc(Cl)c1C)c1ccc(F)c(Cl)c1. The van der Waals surface area contributed by atoms with Crippen LogP contribution in [0.4, 0.5) is 15.8 Å². The zero-order chi connectivity index (χ0) is 17.9. The second kappa shape index (κ2) is 7.64. The first kappa shape index (κ1) is 18.2. The third-order valence-electron chi connectivity index (χ3n) is 3.44. The Hall–Kier alpha value is -2.11. The summed E-state index contributed by atoms with van der Waals surface area (Å²) in [5, 5.41) is 3.12. The molecule has 7 heteroatoms. The highest BCUT2D eigenvalue weighted by Crippen LogP contribution is 2.24. The van der Waals surface area contributed by atoms with E-state index < -0.39 is 11.7 Å². The van der Waals surface area contributed by atoms with Crippen molar-refractivity contribution in [3.8, 4) is 0 Å². The molecule has 0 aliphatic rings. The summed E-state index contributed by atoms with van der Waals surface area (Å²) in [6.07, 6.45) is 0. The molecule has 0 aromatic heterocycles. The molecule has 0 atom stereocenters. The van der Waals surface area contributed by atoms with Crippen molar-refractivity contribution in [1.82, 2.24) is 0 Å². The number of nitrogens with one attached hydrogen (secondary N) is 1. The molecule has 2 rings (SSSR count). The first-order valence-corrected chi connectivity index (χ1v) is 7.83. The molecular formula is C17H15Cl2FN2O2. The van der Waals surface area contributed by atoms with Crippen molar-refractivity contribution >= 4 is 46.4 Å². The maximum Gasteiger partial charge on any atom is 0.244 e. The Labute approximate surface area is 149 Å². The van der Waals surface area contributed by atoms with Crippen LogP contribution in [0, 0.1) is 12.7 Å². The summed E-state index contributed by atoms with van der Waals surface area (Å²) in [6.45, 7) is 2.86. The summed E-state index contributed by atoms with van der Waals surface area (Å²) in [5.41, 5.74) is 1.63. The van der Waals surface area contributed by atoms with E-state index in [1.807, 2.05) is 0 Å². The molecule has 2 aromatic carbocycles. The number of carbonyl (C=O) groups excluding carboxylic acids is 2. The van der Waals surface area contributed by atoms with E-state index in [1.165, 1.54) is 24.0 Å². The van der Waals surface area contributed by atoms with Gasteiger partial charge in [0, 0.05) is 23.3 Å². The van der Waals surface area contributed by atoms with Gasteiger partial charge in [-0.3, -0.25) is 9.59 Å².